The fourth-order valence-corrected chi connectivity index (χ4v) is 2.25. The maximum absolute atomic E-state index is 13.3. The van der Waals surface area contributed by atoms with Gasteiger partial charge in [0.25, 0.3) is 10.0 Å². The van der Waals surface area contributed by atoms with Gasteiger partial charge >= 0.3 is 29.2 Å². The Morgan fingerprint density at radius 3 is 1.85 bits per heavy atom. The third kappa shape index (κ3) is 4.61. The van der Waals surface area contributed by atoms with Gasteiger partial charge in [-0.15, -0.1) is 0 Å². The molecule has 154 valence electrons. The Bertz CT molecular complexity index is 643. The van der Waals surface area contributed by atoms with Crippen molar-refractivity contribution in [2.75, 3.05) is 13.2 Å². The van der Waals surface area contributed by atoms with E-state index in [0.29, 0.717) is 0 Å². The van der Waals surface area contributed by atoms with Crippen LogP contribution in [0.1, 0.15) is 13.3 Å². The van der Waals surface area contributed by atoms with Gasteiger partial charge in [-0.05, 0) is 13.3 Å². The number of sulfonamides is 1. The van der Waals surface area contributed by atoms with Gasteiger partial charge in [-0.3, -0.25) is 0 Å². The molecule has 0 aromatic rings. The number of esters is 1. The molecule has 0 rings (SSSR count). The molecule has 26 heavy (non-hydrogen) atoms. The molecule has 0 saturated carbocycles. The molecule has 0 aliphatic carbocycles. The first-order valence-corrected chi connectivity index (χ1v) is 7.83. The summed E-state index contributed by atoms with van der Waals surface area (Å²) in [5.41, 5.74) is -0.0776. The van der Waals surface area contributed by atoms with E-state index in [0.717, 1.165) is 4.72 Å². The summed E-state index contributed by atoms with van der Waals surface area (Å²) in [5.74, 6) is -15.6. The van der Waals surface area contributed by atoms with Crippen molar-refractivity contribution in [3.8, 4) is 0 Å². The minimum atomic E-state index is -7.32. The summed E-state index contributed by atoms with van der Waals surface area (Å²) in [6.45, 7) is 2.68. The van der Waals surface area contributed by atoms with Crippen molar-refractivity contribution in [2.45, 2.75) is 36.6 Å². The first-order valence-electron chi connectivity index (χ1n) is 6.35. The molecule has 15 heteroatoms. The van der Waals surface area contributed by atoms with Crippen LogP contribution in [0.15, 0.2) is 12.2 Å². The van der Waals surface area contributed by atoms with Gasteiger partial charge in [0, 0.05) is 12.1 Å². The van der Waals surface area contributed by atoms with E-state index in [-0.39, 0.29) is 5.57 Å². The van der Waals surface area contributed by atoms with Crippen molar-refractivity contribution in [1.29, 1.82) is 0 Å². The number of carbonyl (C=O) groups is 1. The predicted octanol–water partition coefficient (Wildman–Crippen LogP) is 2.84. The molecule has 1 N–H and O–H groups in total. The molecule has 0 aromatic carbocycles. The van der Waals surface area contributed by atoms with Gasteiger partial charge in [-0.2, -0.15) is 39.5 Å². The second-order valence-corrected chi connectivity index (χ2v) is 6.64. The Morgan fingerprint density at radius 2 is 1.46 bits per heavy atom. The molecule has 0 aromatic heterocycles. The first kappa shape index (κ1) is 24.5. The van der Waals surface area contributed by atoms with Crippen LogP contribution in [-0.2, 0) is 19.6 Å². The van der Waals surface area contributed by atoms with Gasteiger partial charge in [0.15, 0.2) is 0 Å². The van der Waals surface area contributed by atoms with Crippen LogP contribution in [0.2, 0.25) is 0 Å². The highest BCUT2D eigenvalue weighted by Crippen LogP contribution is 2.54. The fourth-order valence-electron chi connectivity index (χ4n) is 1.19. The number of ether oxygens (including phenoxy) is 1. The van der Waals surface area contributed by atoms with Crippen LogP contribution in [-0.4, -0.2) is 50.8 Å². The van der Waals surface area contributed by atoms with Crippen LogP contribution in [0.3, 0.4) is 0 Å². The number of carbonyl (C=O) groups excluding carboxylic acids is 1. The second-order valence-electron chi connectivity index (χ2n) is 4.83. The summed E-state index contributed by atoms with van der Waals surface area (Å²) < 4.78 is 141. The first-order chi connectivity index (χ1) is 11.3. The molecule has 0 spiro atoms. The van der Waals surface area contributed by atoms with E-state index in [9.17, 15) is 52.7 Å². The van der Waals surface area contributed by atoms with Crippen LogP contribution in [0.5, 0.6) is 0 Å². The lowest BCUT2D eigenvalue weighted by Crippen LogP contribution is -2.64. The third-order valence-corrected chi connectivity index (χ3v) is 4.16. The highest BCUT2D eigenvalue weighted by Gasteiger charge is 2.85. The van der Waals surface area contributed by atoms with Crippen molar-refractivity contribution < 1.29 is 57.5 Å². The van der Waals surface area contributed by atoms with E-state index in [1.807, 2.05) is 0 Å². The van der Waals surface area contributed by atoms with E-state index in [4.69, 9.17) is 0 Å². The summed E-state index contributed by atoms with van der Waals surface area (Å²) in [6.07, 6.45) is -7.71. The average molecular weight is 425 g/mol. The lowest BCUT2D eigenvalue weighted by Gasteiger charge is -2.33. The largest absolute Gasteiger partial charge is 0.462 e. The standard InChI is InChI=1S/C11H12F9NO4S/c1-6(2)7(22)25-5-3-4-21-26(23,24)11(19,20)9(14,15)8(12,13)10(16,17)18/h21H,1,3-5H2,2H3. The van der Waals surface area contributed by atoms with Crippen LogP contribution in [0.4, 0.5) is 39.5 Å². The van der Waals surface area contributed by atoms with E-state index >= 15 is 0 Å². The zero-order chi connectivity index (χ0) is 21.2. The zero-order valence-corrected chi connectivity index (χ0v) is 13.6. The summed E-state index contributed by atoms with van der Waals surface area (Å²) in [7, 11) is -6.65. The highest BCUT2D eigenvalue weighted by atomic mass is 32.2. The molecule has 0 fully saturated rings. The summed E-state index contributed by atoms with van der Waals surface area (Å²) in [5, 5.41) is -6.80. The number of halogens is 9. The molecular weight excluding hydrogens is 413 g/mol. The van der Waals surface area contributed by atoms with Crippen molar-refractivity contribution >= 4 is 16.0 Å². The van der Waals surface area contributed by atoms with Crippen molar-refractivity contribution in [1.82, 2.24) is 4.72 Å². The Balaban J connectivity index is 5.16. The molecule has 0 unspecified atom stereocenters. The number of nitrogens with one attached hydrogen (secondary N) is 1. The van der Waals surface area contributed by atoms with Gasteiger partial charge in [-0.1, -0.05) is 6.58 Å². The Kier molecular flexibility index (Phi) is 7.18. The smallest absolute Gasteiger partial charge is 0.460 e. The minimum absolute atomic E-state index is 0.0776. The lowest BCUT2D eigenvalue weighted by molar-refractivity contribution is -0.382. The van der Waals surface area contributed by atoms with E-state index in [2.05, 4.69) is 11.3 Å². The van der Waals surface area contributed by atoms with Crippen molar-refractivity contribution in [3.63, 3.8) is 0 Å². The topological polar surface area (TPSA) is 72.5 Å². The Labute approximate surface area is 141 Å². The molecular formula is C11H12F9NO4S. The van der Waals surface area contributed by atoms with Crippen LogP contribution >= 0.6 is 0 Å². The number of rotatable bonds is 9. The SMILES string of the molecule is C=C(C)C(=O)OCCCNS(=O)(=O)C(F)(F)C(F)(F)C(F)(F)C(F)(F)F. The van der Waals surface area contributed by atoms with Crippen LogP contribution in [0, 0.1) is 0 Å². The lowest BCUT2D eigenvalue weighted by atomic mass is 10.1. The summed E-state index contributed by atoms with van der Waals surface area (Å²) in [4.78, 5) is 10.9. The Hall–Kier alpha value is -1.51. The van der Waals surface area contributed by atoms with Gasteiger partial charge in [0.1, 0.15) is 0 Å². The maximum Gasteiger partial charge on any atom is 0.460 e. The summed E-state index contributed by atoms with van der Waals surface area (Å²) >= 11 is 0. The highest BCUT2D eigenvalue weighted by molar-refractivity contribution is 7.90. The van der Waals surface area contributed by atoms with Gasteiger partial charge in [-0.25, -0.2) is 17.9 Å². The number of alkyl halides is 9. The number of hydrogen-bond donors (Lipinski definition) is 1. The average Bonchev–Trinajstić information content (AvgIpc) is 2.44. The monoisotopic (exact) mass is 425 g/mol. The fraction of sp³-hybridized carbons (Fsp3) is 0.727. The van der Waals surface area contributed by atoms with E-state index < -0.39 is 58.8 Å². The maximum atomic E-state index is 13.3. The van der Waals surface area contributed by atoms with Gasteiger partial charge < -0.3 is 4.74 Å². The normalized spacial score (nSPS) is 14.2. The molecule has 0 radical (unpaired) electrons. The van der Waals surface area contributed by atoms with Crippen molar-refractivity contribution in [3.05, 3.63) is 12.2 Å². The molecule has 0 heterocycles. The molecule has 0 amide bonds. The molecule has 0 atom stereocenters. The Morgan fingerprint density at radius 1 is 1.00 bits per heavy atom. The van der Waals surface area contributed by atoms with Crippen LogP contribution < -0.4 is 4.72 Å². The molecule has 0 aliphatic heterocycles. The molecule has 0 aliphatic rings. The van der Waals surface area contributed by atoms with E-state index in [1.54, 1.807) is 0 Å². The second kappa shape index (κ2) is 7.62. The van der Waals surface area contributed by atoms with Crippen LogP contribution in [0.25, 0.3) is 0 Å². The molecule has 5 nitrogen and oxygen atoms in total. The van der Waals surface area contributed by atoms with Gasteiger partial charge in [0.05, 0.1) is 6.61 Å². The van der Waals surface area contributed by atoms with Crippen molar-refractivity contribution in [2.24, 2.45) is 0 Å². The minimum Gasteiger partial charge on any atom is -0.462 e. The zero-order valence-electron chi connectivity index (χ0n) is 12.8. The number of hydrogen-bond acceptors (Lipinski definition) is 4. The van der Waals surface area contributed by atoms with Gasteiger partial charge in [0.2, 0.25) is 0 Å². The predicted molar refractivity (Wildman–Crippen MR) is 68.2 cm³/mol. The molecule has 0 saturated heterocycles. The summed E-state index contributed by atoms with van der Waals surface area (Å²) in [6, 6.07) is 0. The van der Waals surface area contributed by atoms with E-state index in [1.165, 1.54) is 6.92 Å². The third-order valence-electron chi connectivity index (χ3n) is 2.65. The molecule has 0 bridgehead atoms. The quantitative estimate of drug-likeness (QED) is 0.267.